The van der Waals surface area contributed by atoms with E-state index in [0.29, 0.717) is 0 Å². The van der Waals surface area contributed by atoms with Crippen LogP contribution < -0.4 is 10.6 Å². The molecule has 1 atom stereocenters. The molecule has 0 aromatic rings. The fourth-order valence-electron chi connectivity index (χ4n) is 2.02. The summed E-state index contributed by atoms with van der Waals surface area (Å²) < 4.78 is 0. The molecular weight excluding hydrogens is 234 g/mol. The van der Waals surface area contributed by atoms with E-state index in [-0.39, 0.29) is 24.5 Å². The Labute approximate surface area is 107 Å². The Hall–Kier alpha value is -1.43. The van der Waals surface area contributed by atoms with Crippen molar-refractivity contribution in [1.82, 2.24) is 15.5 Å². The van der Waals surface area contributed by atoms with E-state index in [2.05, 4.69) is 10.6 Å². The summed E-state index contributed by atoms with van der Waals surface area (Å²) in [6, 6.07) is -0.706. The standard InChI is InChI=1S/C12H21N3O3/c1-9(2)13-12(18)14-11(17)7-15-6-4-3-5-10(15)8-16/h8-10H,3-7H2,1-2H3,(H2,13,14,17,18). The number of nitrogens with one attached hydrogen (secondary N) is 2. The van der Waals surface area contributed by atoms with Crippen LogP contribution in [0, 0.1) is 0 Å². The number of aldehydes is 1. The van der Waals surface area contributed by atoms with E-state index < -0.39 is 6.03 Å². The molecule has 0 aromatic carbocycles. The van der Waals surface area contributed by atoms with Gasteiger partial charge in [0.1, 0.15) is 6.29 Å². The minimum Gasteiger partial charge on any atom is -0.336 e. The molecule has 1 fully saturated rings. The molecule has 0 aromatic heterocycles. The summed E-state index contributed by atoms with van der Waals surface area (Å²) in [4.78, 5) is 35.6. The zero-order chi connectivity index (χ0) is 13.5. The lowest BCUT2D eigenvalue weighted by Gasteiger charge is -2.31. The van der Waals surface area contributed by atoms with Crippen molar-refractivity contribution in [2.45, 2.75) is 45.2 Å². The molecule has 1 saturated heterocycles. The highest BCUT2D eigenvalue weighted by Gasteiger charge is 2.24. The van der Waals surface area contributed by atoms with Gasteiger partial charge in [-0.2, -0.15) is 0 Å². The minimum absolute atomic E-state index is 0.0180. The van der Waals surface area contributed by atoms with Crippen LogP contribution >= 0.6 is 0 Å². The summed E-state index contributed by atoms with van der Waals surface area (Å²) in [7, 11) is 0. The van der Waals surface area contributed by atoms with Crippen LogP contribution in [-0.4, -0.2) is 48.3 Å². The number of carbonyl (C=O) groups excluding carboxylic acids is 3. The van der Waals surface area contributed by atoms with E-state index in [9.17, 15) is 14.4 Å². The number of carbonyl (C=O) groups is 3. The van der Waals surface area contributed by atoms with Crippen LogP contribution in [0.2, 0.25) is 0 Å². The van der Waals surface area contributed by atoms with Gasteiger partial charge < -0.3 is 10.1 Å². The molecule has 1 rings (SSSR count). The maximum atomic E-state index is 11.6. The molecule has 0 bridgehead atoms. The largest absolute Gasteiger partial charge is 0.336 e. The van der Waals surface area contributed by atoms with Crippen molar-refractivity contribution in [3.05, 3.63) is 0 Å². The molecule has 1 aliphatic rings. The smallest absolute Gasteiger partial charge is 0.321 e. The van der Waals surface area contributed by atoms with Gasteiger partial charge in [0, 0.05) is 6.04 Å². The monoisotopic (exact) mass is 255 g/mol. The Bertz CT molecular complexity index is 318. The molecule has 18 heavy (non-hydrogen) atoms. The average Bonchev–Trinajstić information content (AvgIpc) is 2.28. The first-order valence-electron chi connectivity index (χ1n) is 6.32. The molecule has 0 radical (unpaired) electrons. The zero-order valence-electron chi connectivity index (χ0n) is 10.9. The third kappa shape index (κ3) is 4.83. The number of piperidine rings is 1. The van der Waals surface area contributed by atoms with Crippen LogP contribution in [0.15, 0.2) is 0 Å². The van der Waals surface area contributed by atoms with Crippen LogP contribution in [0.4, 0.5) is 4.79 Å². The van der Waals surface area contributed by atoms with Crippen LogP contribution in [0.25, 0.3) is 0 Å². The van der Waals surface area contributed by atoms with E-state index in [1.54, 1.807) is 0 Å². The highest BCUT2D eigenvalue weighted by Crippen LogP contribution is 2.14. The maximum absolute atomic E-state index is 11.6. The molecule has 0 aliphatic carbocycles. The van der Waals surface area contributed by atoms with E-state index in [4.69, 9.17) is 0 Å². The van der Waals surface area contributed by atoms with Gasteiger partial charge in [-0.3, -0.25) is 15.0 Å². The third-order valence-electron chi connectivity index (χ3n) is 2.84. The first-order valence-corrected chi connectivity index (χ1v) is 6.32. The van der Waals surface area contributed by atoms with E-state index in [1.165, 1.54) is 0 Å². The van der Waals surface area contributed by atoms with Gasteiger partial charge in [-0.1, -0.05) is 6.42 Å². The first kappa shape index (κ1) is 14.6. The lowest BCUT2D eigenvalue weighted by molar-refractivity contribution is -0.123. The topological polar surface area (TPSA) is 78.5 Å². The molecule has 1 heterocycles. The lowest BCUT2D eigenvalue weighted by Crippen LogP contribution is -2.50. The molecule has 6 nitrogen and oxygen atoms in total. The number of hydrogen-bond acceptors (Lipinski definition) is 4. The van der Waals surface area contributed by atoms with Crippen molar-refractivity contribution in [1.29, 1.82) is 0 Å². The molecule has 0 spiro atoms. The fourth-order valence-corrected chi connectivity index (χ4v) is 2.02. The quantitative estimate of drug-likeness (QED) is 0.707. The second-order valence-corrected chi connectivity index (χ2v) is 4.85. The average molecular weight is 255 g/mol. The van der Waals surface area contributed by atoms with Crippen molar-refractivity contribution in [2.24, 2.45) is 0 Å². The Morgan fingerprint density at radius 2 is 2.11 bits per heavy atom. The van der Waals surface area contributed by atoms with Gasteiger partial charge >= 0.3 is 6.03 Å². The Balaban J connectivity index is 2.38. The van der Waals surface area contributed by atoms with E-state index in [0.717, 1.165) is 32.1 Å². The van der Waals surface area contributed by atoms with Gasteiger partial charge in [-0.05, 0) is 33.2 Å². The van der Waals surface area contributed by atoms with Crippen LogP contribution in [0.5, 0.6) is 0 Å². The number of urea groups is 1. The lowest BCUT2D eigenvalue weighted by atomic mass is 10.0. The first-order chi connectivity index (χ1) is 8.52. The molecule has 2 N–H and O–H groups in total. The summed E-state index contributed by atoms with van der Waals surface area (Å²) in [5.41, 5.74) is 0. The van der Waals surface area contributed by atoms with Crippen LogP contribution in [-0.2, 0) is 9.59 Å². The second-order valence-electron chi connectivity index (χ2n) is 4.85. The zero-order valence-corrected chi connectivity index (χ0v) is 10.9. The van der Waals surface area contributed by atoms with Crippen molar-refractivity contribution >= 4 is 18.2 Å². The summed E-state index contributed by atoms with van der Waals surface area (Å²) >= 11 is 0. The predicted molar refractivity (Wildman–Crippen MR) is 67.1 cm³/mol. The Morgan fingerprint density at radius 3 is 2.72 bits per heavy atom. The molecule has 6 heteroatoms. The molecule has 102 valence electrons. The van der Waals surface area contributed by atoms with Gasteiger partial charge in [0.2, 0.25) is 5.91 Å². The van der Waals surface area contributed by atoms with E-state index in [1.807, 2.05) is 18.7 Å². The number of amides is 3. The number of rotatable bonds is 4. The summed E-state index contributed by atoms with van der Waals surface area (Å²) in [6.07, 6.45) is 3.65. The highest BCUT2D eigenvalue weighted by atomic mass is 16.2. The van der Waals surface area contributed by atoms with Gasteiger partial charge in [-0.25, -0.2) is 4.79 Å². The van der Waals surface area contributed by atoms with Crippen LogP contribution in [0.1, 0.15) is 33.1 Å². The van der Waals surface area contributed by atoms with Crippen molar-refractivity contribution in [2.75, 3.05) is 13.1 Å². The van der Waals surface area contributed by atoms with Crippen LogP contribution in [0.3, 0.4) is 0 Å². The Kier molecular flexibility index (Phi) is 5.77. The van der Waals surface area contributed by atoms with Gasteiger partial charge in [-0.15, -0.1) is 0 Å². The molecule has 0 saturated carbocycles. The van der Waals surface area contributed by atoms with Crippen molar-refractivity contribution in [3.63, 3.8) is 0 Å². The molecule has 1 unspecified atom stereocenters. The van der Waals surface area contributed by atoms with Crippen molar-refractivity contribution in [3.8, 4) is 0 Å². The normalized spacial score (nSPS) is 20.5. The molecule has 1 aliphatic heterocycles. The highest BCUT2D eigenvalue weighted by molar-refractivity contribution is 5.95. The summed E-state index contributed by atoms with van der Waals surface area (Å²) in [5.74, 6) is -0.373. The predicted octanol–water partition coefficient (Wildman–Crippen LogP) is 0.274. The maximum Gasteiger partial charge on any atom is 0.321 e. The fraction of sp³-hybridized carbons (Fsp3) is 0.750. The minimum atomic E-state index is -0.491. The van der Waals surface area contributed by atoms with Gasteiger partial charge in [0.15, 0.2) is 0 Å². The van der Waals surface area contributed by atoms with E-state index >= 15 is 0 Å². The summed E-state index contributed by atoms with van der Waals surface area (Å²) in [5, 5.41) is 4.83. The van der Waals surface area contributed by atoms with Gasteiger partial charge in [0.05, 0.1) is 12.6 Å². The second kappa shape index (κ2) is 7.10. The number of nitrogens with zero attached hydrogens (tertiary/aromatic N) is 1. The number of likely N-dealkylation sites (tertiary alicyclic amines) is 1. The number of imide groups is 1. The van der Waals surface area contributed by atoms with Gasteiger partial charge in [0.25, 0.3) is 0 Å². The molecular formula is C12H21N3O3. The summed E-state index contributed by atoms with van der Waals surface area (Å²) in [6.45, 7) is 4.45. The van der Waals surface area contributed by atoms with Crippen molar-refractivity contribution < 1.29 is 14.4 Å². The SMILES string of the molecule is CC(C)NC(=O)NC(=O)CN1CCCCC1C=O. The number of hydrogen-bond donors (Lipinski definition) is 2. The Morgan fingerprint density at radius 1 is 1.39 bits per heavy atom. The third-order valence-corrected chi connectivity index (χ3v) is 2.84. The molecule has 3 amide bonds.